The molecule has 1 saturated heterocycles. The Bertz CT molecular complexity index is 621. The van der Waals surface area contributed by atoms with E-state index in [1.54, 1.807) is 12.1 Å². The summed E-state index contributed by atoms with van der Waals surface area (Å²) < 4.78 is 5.86. The zero-order valence-electron chi connectivity index (χ0n) is 12.4. The molecule has 1 aliphatic rings. The van der Waals surface area contributed by atoms with Crippen LogP contribution in [0.2, 0.25) is 10.0 Å². The van der Waals surface area contributed by atoms with E-state index in [1.165, 1.54) is 25.9 Å². The van der Waals surface area contributed by atoms with Crippen molar-refractivity contribution in [2.45, 2.75) is 19.4 Å². The second-order valence-electron chi connectivity index (χ2n) is 5.62. The van der Waals surface area contributed by atoms with Crippen LogP contribution in [0.25, 0.3) is 11.3 Å². The summed E-state index contributed by atoms with van der Waals surface area (Å²) in [6.45, 7) is 5.29. The second kappa shape index (κ2) is 7.51. The lowest BCUT2D eigenvalue weighted by Gasteiger charge is -2.14. The molecule has 2 heterocycles. The van der Waals surface area contributed by atoms with Crippen molar-refractivity contribution in [3.63, 3.8) is 0 Å². The van der Waals surface area contributed by atoms with E-state index < -0.39 is 0 Å². The molecule has 3 rings (SSSR count). The maximum atomic E-state index is 6.20. The molecule has 0 spiro atoms. The number of benzene rings is 1. The van der Waals surface area contributed by atoms with Crippen molar-refractivity contribution in [3.05, 3.63) is 46.1 Å². The molecule has 0 saturated carbocycles. The van der Waals surface area contributed by atoms with Crippen LogP contribution in [0.15, 0.2) is 34.7 Å². The molecule has 0 unspecified atom stereocenters. The minimum atomic E-state index is 0.646. The largest absolute Gasteiger partial charge is 0.460 e. The number of halogens is 2. The zero-order valence-corrected chi connectivity index (χ0v) is 14.0. The smallest absolute Gasteiger partial charge is 0.135 e. The molecule has 5 heteroatoms. The van der Waals surface area contributed by atoms with Crippen LogP contribution in [-0.2, 0) is 6.54 Å². The Morgan fingerprint density at radius 1 is 1.09 bits per heavy atom. The average molecular weight is 339 g/mol. The third-order valence-electron chi connectivity index (χ3n) is 3.96. The summed E-state index contributed by atoms with van der Waals surface area (Å²) in [5.74, 6) is 1.66. The van der Waals surface area contributed by atoms with Gasteiger partial charge in [0.1, 0.15) is 11.5 Å². The summed E-state index contributed by atoms with van der Waals surface area (Å²) in [5.41, 5.74) is 0.831. The normalized spacial score (nSPS) is 15.5. The summed E-state index contributed by atoms with van der Waals surface area (Å²) in [5, 5.41) is 4.72. The first-order chi connectivity index (χ1) is 10.7. The third-order valence-corrected chi connectivity index (χ3v) is 4.52. The van der Waals surface area contributed by atoms with Crippen LogP contribution < -0.4 is 5.32 Å². The predicted octanol–water partition coefficient (Wildman–Crippen LogP) is 4.44. The first-order valence-corrected chi connectivity index (χ1v) is 8.45. The fourth-order valence-electron chi connectivity index (χ4n) is 2.76. The van der Waals surface area contributed by atoms with Gasteiger partial charge in [0.15, 0.2) is 0 Å². The fraction of sp³-hybridized carbons (Fsp3) is 0.412. The zero-order chi connectivity index (χ0) is 15.4. The first kappa shape index (κ1) is 15.9. The second-order valence-corrected chi connectivity index (χ2v) is 6.46. The lowest BCUT2D eigenvalue weighted by molar-refractivity contribution is 0.333. The monoisotopic (exact) mass is 338 g/mol. The van der Waals surface area contributed by atoms with Gasteiger partial charge in [-0.1, -0.05) is 23.2 Å². The Morgan fingerprint density at radius 3 is 2.73 bits per heavy atom. The summed E-state index contributed by atoms with van der Waals surface area (Å²) in [6.07, 6.45) is 2.67. The van der Waals surface area contributed by atoms with Crippen LogP contribution in [0, 0.1) is 0 Å². The number of likely N-dealkylation sites (tertiary alicyclic amines) is 1. The molecule has 0 bridgehead atoms. The standard InChI is InChI=1S/C17H20Cl2N2O/c18-13-3-5-16(19)15(11-13)17-6-4-14(22-17)12-20-7-10-21-8-1-2-9-21/h3-6,11,20H,1-2,7-10,12H2. The van der Waals surface area contributed by atoms with Crippen molar-refractivity contribution in [1.82, 2.24) is 10.2 Å². The van der Waals surface area contributed by atoms with Gasteiger partial charge in [0, 0.05) is 23.7 Å². The van der Waals surface area contributed by atoms with E-state index in [1.807, 2.05) is 18.2 Å². The van der Waals surface area contributed by atoms with Gasteiger partial charge in [-0.15, -0.1) is 0 Å². The van der Waals surface area contributed by atoms with Crippen LogP contribution in [0.4, 0.5) is 0 Å². The highest BCUT2D eigenvalue weighted by Crippen LogP contribution is 2.31. The van der Waals surface area contributed by atoms with E-state index in [0.29, 0.717) is 10.0 Å². The van der Waals surface area contributed by atoms with Gasteiger partial charge in [0.2, 0.25) is 0 Å². The molecule has 0 atom stereocenters. The highest BCUT2D eigenvalue weighted by Gasteiger charge is 2.11. The van der Waals surface area contributed by atoms with Crippen LogP contribution in [0.1, 0.15) is 18.6 Å². The summed E-state index contributed by atoms with van der Waals surface area (Å²) in [4.78, 5) is 2.49. The topological polar surface area (TPSA) is 28.4 Å². The van der Waals surface area contributed by atoms with Crippen LogP contribution >= 0.6 is 23.2 Å². The van der Waals surface area contributed by atoms with E-state index >= 15 is 0 Å². The quantitative estimate of drug-likeness (QED) is 0.789. The number of furan rings is 1. The number of rotatable bonds is 6. The Hall–Kier alpha value is -1.00. The Kier molecular flexibility index (Phi) is 5.42. The molecular formula is C17H20Cl2N2O. The highest BCUT2D eigenvalue weighted by molar-refractivity contribution is 6.35. The SMILES string of the molecule is Clc1ccc(Cl)c(-c2ccc(CNCCN3CCCC3)o2)c1. The molecule has 0 aliphatic carbocycles. The molecule has 1 aromatic carbocycles. The van der Waals surface area contributed by atoms with Gasteiger partial charge in [-0.2, -0.15) is 0 Å². The third kappa shape index (κ3) is 4.05. The van der Waals surface area contributed by atoms with Gasteiger partial charge >= 0.3 is 0 Å². The molecule has 22 heavy (non-hydrogen) atoms. The van der Waals surface area contributed by atoms with Crippen molar-refractivity contribution >= 4 is 23.2 Å². The summed E-state index contributed by atoms with van der Waals surface area (Å²) in [6, 6.07) is 9.31. The first-order valence-electron chi connectivity index (χ1n) is 7.69. The molecule has 0 radical (unpaired) electrons. The van der Waals surface area contributed by atoms with E-state index in [4.69, 9.17) is 27.6 Å². The van der Waals surface area contributed by atoms with E-state index in [-0.39, 0.29) is 0 Å². The van der Waals surface area contributed by atoms with E-state index in [9.17, 15) is 0 Å². The Balaban J connectivity index is 1.53. The highest BCUT2D eigenvalue weighted by atomic mass is 35.5. The maximum absolute atomic E-state index is 6.20. The molecule has 1 aromatic heterocycles. The molecular weight excluding hydrogens is 319 g/mol. The molecule has 1 N–H and O–H groups in total. The minimum Gasteiger partial charge on any atom is -0.460 e. The number of nitrogens with zero attached hydrogens (tertiary/aromatic N) is 1. The van der Waals surface area contributed by atoms with Crippen LogP contribution in [0.3, 0.4) is 0 Å². The van der Waals surface area contributed by atoms with Gasteiger partial charge in [-0.25, -0.2) is 0 Å². The average Bonchev–Trinajstić information content (AvgIpc) is 3.17. The van der Waals surface area contributed by atoms with Gasteiger partial charge < -0.3 is 14.6 Å². The predicted molar refractivity (Wildman–Crippen MR) is 91.5 cm³/mol. The van der Waals surface area contributed by atoms with Gasteiger partial charge in [0.25, 0.3) is 0 Å². The minimum absolute atomic E-state index is 0.646. The summed E-state index contributed by atoms with van der Waals surface area (Å²) in [7, 11) is 0. The van der Waals surface area contributed by atoms with E-state index in [2.05, 4.69) is 10.2 Å². The number of hydrogen-bond acceptors (Lipinski definition) is 3. The van der Waals surface area contributed by atoms with E-state index in [0.717, 1.165) is 36.7 Å². The number of nitrogens with one attached hydrogen (secondary N) is 1. The molecule has 118 valence electrons. The van der Waals surface area contributed by atoms with Crippen molar-refractivity contribution in [1.29, 1.82) is 0 Å². The molecule has 0 amide bonds. The number of hydrogen-bond donors (Lipinski definition) is 1. The van der Waals surface area contributed by atoms with Crippen molar-refractivity contribution in [3.8, 4) is 11.3 Å². The molecule has 1 aliphatic heterocycles. The fourth-order valence-corrected chi connectivity index (χ4v) is 3.14. The Labute approximate surface area is 141 Å². The van der Waals surface area contributed by atoms with Gasteiger partial charge in [-0.05, 0) is 56.3 Å². The van der Waals surface area contributed by atoms with Crippen molar-refractivity contribution < 1.29 is 4.42 Å². The lowest BCUT2D eigenvalue weighted by Crippen LogP contribution is -2.29. The van der Waals surface area contributed by atoms with Crippen molar-refractivity contribution in [2.24, 2.45) is 0 Å². The van der Waals surface area contributed by atoms with Crippen LogP contribution in [0.5, 0.6) is 0 Å². The molecule has 1 fully saturated rings. The van der Waals surface area contributed by atoms with Crippen LogP contribution in [-0.4, -0.2) is 31.1 Å². The van der Waals surface area contributed by atoms with Crippen molar-refractivity contribution in [2.75, 3.05) is 26.2 Å². The molecule has 2 aromatic rings. The summed E-state index contributed by atoms with van der Waals surface area (Å²) >= 11 is 12.2. The molecule has 3 nitrogen and oxygen atoms in total. The van der Waals surface area contributed by atoms with Gasteiger partial charge in [0.05, 0.1) is 11.6 Å². The van der Waals surface area contributed by atoms with Gasteiger partial charge in [-0.3, -0.25) is 0 Å². The lowest BCUT2D eigenvalue weighted by atomic mass is 10.2. The Morgan fingerprint density at radius 2 is 1.91 bits per heavy atom. The maximum Gasteiger partial charge on any atom is 0.135 e.